The second-order valence-corrected chi connectivity index (χ2v) is 9.17. The first-order chi connectivity index (χ1) is 16.6. The van der Waals surface area contributed by atoms with Crippen molar-refractivity contribution in [1.29, 1.82) is 0 Å². The molecule has 0 atom stereocenters. The van der Waals surface area contributed by atoms with Gasteiger partial charge in [-0.1, -0.05) is 47.6 Å². The average molecular weight is 518 g/mol. The van der Waals surface area contributed by atoms with Crippen molar-refractivity contribution in [1.82, 2.24) is 9.55 Å². The summed E-state index contributed by atoms with van der Waals surface area (Å²) in [6.07, 6.45) is -4.69. The fourth-order valence-corrected chi connectivity index (χ4v) is 4.55. The number of aromatic nitrogens is 2. The quantitative estimate of drug-likeness (QED) is 0.245. The number of hydrogen-bond donors (Lipinski definition) is 1. The van der Waals surface area contributed by atoms with Crippen molar-refractivity contribution < 1.29 is 18.0 Å². The molecular formula is C25H19ClF3N3O2S. The number of halogens is 4. The number of carbonyl (C=O) groups is 1. The number of anilines is 1. The van der Waals surface area contributed by atoms with E-state index in [0.717, 1.165) is 35.0 Å². The number of fused-ring (bicyclic) bond motifs is 1. The van der Waals surface area contributed by atoms with Gasteiger partial charge in [0, 0.05) is 5.02 Å². The topological polar surface area (TPSA) is 64.0 Å². The summed E-state index contributed by atoms with van der Waals surface area (Å²) in [7, 11) is 0. The van der Waals surface area contributed by atoms with Crippen LogP contribution in [0.25, 0.3) is 16.6 Å². The Morgan fingerprint density at radius 2 is 1.83 bits per heavy atom. The molecule has 0 fully saturated rings. The number of rotatable bonds is 5. The molecule has 0 unspecified atom stereocenters. The van der Waals surface area contributed by atoms with Crippen molar-refractivity contribution in [2.75, 3.05) is 11.1 Å². The Morgan fingerprint density at radius 1 is 1.09 bits per heavy atom. The molecule has 0 saturated heterocycles. The smallest absolute Gasteiger partial charge is 0.325 e. The van der Waals surface area contributed by atoms with Gasteiger partial charge in [-0.25, -0.2) is 4.98 Å². The molecule has 3 aromatic carbocycles. The molecule has 0 radical (unpaired) electrons. The van der Waals surface area contributed by atoms with Crippen molar-refractivity contribution in [3.8, 4) is 5.69 Å². The molecule has 10 heteroatoms. The van der Waals surface area contributed by atoms with Gasteiger partial charge in [-0.2, -0.15) is 13.2 Å². The zero-order valence-electron chi connectivity index (χ0n) is 18.6. The Hall–Kier alpha value is -3.30. The maximum atomic E-state index is 13.4. The highest BCUT2D eigenvalue weighted by Crippen LogP contribution is 2.36. The zero-order chi connectivity index (χ0) is 25.3. The molecule has 5 nitrogen and oxygen atoms in total. The van der Waals surface area contributed by atoms with E-state index in [4.69, 9.17) is 11.6 Å². The number of amides is 1. The van der Waals surface area contributed by atoms with E-state index in [1.807, 2.05) is 26.0 Å². The number of nitrogens with one attached hydrogen (secondary N) is 1. The monoisotopic (exact) mass is 517 g/mol. The molecule has 1 heterocycles. The molecule has 0 spiro atoms. The van der Waals surface area contributed by atoms with Crippen LogP contribution >= 0.6 is 23.4 Å². The molecule has 0 bridgehead atoms. The highest BCUT2D eigenvalue weighted by molar-refractivity contribution is 7.99. The van der Waals surface area contributed by atoms with E-state index in [1.54, 1.807) is 30.3 Å². The number of nitrogens with zero attached hydrogens (tertiary/aromatic N) is 2. The second kappa shape index (κ2) is 9.75. The maximum absolute atomic E-state index is 13.4. The van der Waals surface area contributed by atoms with Gasteiger partial charge in [-0.3, -0.25) is 14.2 Å². The molecule has 1 aromatic heterocycles. The lowest BCUT2D eigenvalue weighted by Gasteiger charge is -2.17. The molecule has 35 heavy (non-hydrogen) atoms. The molecule has 1 N–H and O–H groups in total. The van der Waals surface area contributed by atoms with Gasteiger partial charge < -0.3 is 5.32 Å². The fourth-order valence-electron chi connectivity index (χ4n) is 3.58. The number of hydrogen-bond acceptors (Lipinski definition) is 4. The number of para-hydroxylation sites is 1. The van der Waals surface area contributed by atoms with Gasteiger partial charge in [0.15, 0.2) is 5.16 Å². The van der Waals surface area contributed by atoms with E-state index in [9.17, 15) is 22.8 Å². The van der Waals surface area contributed by atoms with E-state index in [2.05, 4.69) is 10.3 Å². The number of benzene rings is 3. The third-order valence-electron chi connectivity index (χ3n) is 5.46. The lowest BCUT2D eigenvalue weighted by atomic mass is 10.1. The Balaban J connectivity index is 1.69. The summed E-state index contributed by atoms with van der Waals surface area (Å²) in [5, 5.41) is 2.87. The van der Waals surface area contributed by atoms with Crippen LogP contribution in [0.2, 0.25) is 5.02 Å². The maximum Gasteiger partial charge on any atom is 0.418 e. The summed E-state index contributed by atoms with van der Waals surface area (Å²) in [5.74, 6) is -0.951. The van der Waals surface area contributed by atoms with Crippen molar-refractivity contribution in [3.63, 3.8) is 0 Å². The minimum atomic E-state index is -4.69. The van der Waals surface area contributed by atoms with Crippen molar-refractivity contribution in [2.45, 2.75) is 25.2 Å². The number of alkyl halides is 3. The molecule has 0 aliphatic rings. The van der Waals surface area contributed by atoms with Crippen LogP contribution in [0.1, 0.15) is 16.7 Å². The fraction of sp³-hybridized carbons (Fsp3) is 0.160. The Morgan fingerprint density at radius 3 is 2.57 bits per heavy atom. The minimum Gasteiger partial charge on any atom is -0.325 e. The summed E-state index contributed by atoms with van der Waals surface area (Å²) in [5.41, 5.74) is 1.18. The average Bonchev–Trinajstić information content (AvgIpc) is 2.80. The van der Waals surface area contributed by atoms with Gasteiger partial charge in [0.25, 0.3) is 5.56 Å². The Bertz CT molecular complexity index is 1500. The SMILES string of the molecule is Cc1cccc(-n2c(SCC(=O)Nc3ccc(Cl)cc3C(F)(F)F)nc3ccccc3c2=O)c1C. The number of thioether (sulfide) groups is 1. The third-order valence-corrected chi connectivity index (χ3v) is 6.63. The summed E-state index contributed by atoms with van der Waals surface area (Å²) < 4.78 is 41.5. The molecule has 1 amide bonds. The van der Waals surface area contributed by atoms with Crippen molar-refractivity contribution in [2.24, 2.45) is 0 Å². The van der Waals surface area contributed by atoms with Gasteiger partial charge >= 0.3 is 6.18 Å². The third kappa shape index (κ3) is 5.21. The van der Waals surface area contributed by atoms with Crippen LogP contribution in [-0.2, 0) is 11.0 Å². The van der Waals surface area contributed by atoms with Crippen molar-refractivity contribution >= 4 is 45.9 Å². The molecule has 0 aliphatic heterocycles. The van der Waals surface area contributed by atoms with E-state index in [-0.39, 0.29) is 21.5 Å². The summed E-state index contributed by atoms with van der Waals surface area (Å²) >= 11 is 6.67. The lowest BCUT2D eigenvalue weighted by Crippen LogP contribution is -2.24. The summed E-state index contributed by atoms with van der Waals surface area (Å²) in [4.78, 5) is 30.6. The van der Waals surface area contributed by atoms with Crippen LogP contribution in [0, 0.1) is 13.8 Å². The van der Waals surface area contributed by atoms with Crippen LogP contribution in [0.4, 0.5) is 18.9 Å². The van der Waals surface area contributed by atoms with Crippen LogP contribution in [0.15, 0.2) is 70.6 Å². The standard InChI is InChI=1S/C25H19ClF3N3O2S/c1-14-6-5-9-21(15(14)2)32-23(34)17-7-3-4-8-19(17)31-24(32)35-13-22(33)30-20-11-10-16(26)12-18(20)25(27,28)29/h3-12H,13H2,1-2H3,(H,30,33). The molecule has 4 aromatic rings. The van der Waals surface area contributed by atoms with Crippen LogP contribution in [0.3, 0.4) is 0 Å². The van der Waals surface area contributed by atoms with Gasteiger partial charge in [-0.15, -0.1) is 0 Å². The first-order valence-corrected chi connectivity index (χ1v) is 11.8. The number of carbonyl (C=O) groups excluding carboxylic acids is 1. The second-order valence-electron chi connectivity index (χ2n) is 7.80. The van der Waals surface area contributed by atoms with Crippen molar-refractivity contribution in [3.05, 3.63) is 92.7 Å². The van der Waals surface area contributed by atoms with Crippen LogP contribution in [-0.4, -0.2) is 21.2 Å². The molecule has 4 rings (SSSR count). The molecule has 180 valence electrons. The molecule has 0 aliphatic carbocycles. The summed E-state index contributed by atoms with van der Waals surface area (Å²) in [6.45, 7) is 3.80. The highest BCUT2D eigenvalue weighted by atomic mass is 35.5. The normalized spacial score (nSPS) is 11.6. The summed E-state index contributed by atoms with van der Waals surface area (Å²) in [6, 6.07) is 15.5. The van der Waals surface area contributed by atoms with Gasteiger partial charge in [-0.05, 0) is 61.4 Å². The number of aryl methyl sites for hydroxylation is 1. The zero-order valence-corrected chi connectivity index (χ0v) is 20.2. The predicted molar refractivity (Wildman–Crippen MR) is 133 cm³/mol. The first kappa shape index (κ1) is 24.8. The molecular weight excluding hydrogens is 499 g/mol. The first-order valence-electron chi connectivity index (χ1n) is 10.4. The molecule has 0 saturated carbocycles. The lowest BCUT2D eigenvalue weighted by molar-refractivity contribution is -0.137. The van der Waals surface area contributed by atoms with E-state index >= 15 is 0 Å². The van der Waals surface area contributed by atoms with Gasteiger partial charge in [0.1, 0.15) is 0 Å². The van der Waals surface area contributed by atoms with Gasteiger partial charge in [0.05, 0.1) is 33.6 Å². The van der Waals surface area contributed by atoms with Gasteiger partial charge in [0.2, 0.25) is 5.91 Å². The van der Waals surface area contributed by atoms with Crippen LogP contribution < -0.4 is 10.9 Å². The minimum absolute atomic E-state index is 0.0948. The highest BCUT2D eigenvalue weighted by Gasteiger charge is 2.34. The Kier molecular flexibility index (Phi) is 6.91. The van der Waals surface area contributed by atoms with E-state index < -0.39 is 23.3 Å². The largest absolute Gasteiger partial charge is 0.418 e. The van der Waals surface area contributed by atoms with Crippen LogP contribution in [0.5, 0.6) is 0 Å². The van der Waals surface area contributed by atoms with E-state index in [1.165, 1.54) is 10.6 Å². The Labute approximate surface area is 207 Å². The predicted octanol–water partition coefficient (Wildman–Crippen LogP) is 6.41. The van der Waals surface area contributed by atoms with E-state index in [0.29, 0.717) is 16.6 Å².